The summed E-state index contributed by atoms with van der Waals surface area (Å²) in [4.78, 5) is 26.4. The molecule has 0 spiro atoms. The lowest BCUT2D eigenvalue weighted by molar-refractivity contribution is -0.135. The van der Waals surface area contributed by atoms with Crippen molar-refractivity contribution in [1.29, 1.82) is 0 Å². The van der Waals surface area contributed by atoms with Crippen molar-refractivity contribution < 1.29 is 19.1 Å². The van der Waals surface area contributed by atoms with Crippen LogP contribution in [0.2, 0.25) is 0 Å². The molecule has 0 bridgehead atoms. The molecule has 6 heteroatoms. The summed E-state index contributed by atoms with van der Waals surface area (Å²) in [7, 11) is 1.62. The number of nitrogens with one attached hydrogen (secondary N) is 1. The van der Waals surface area contributed by atoms with E-state index < -0.39 is 0 Å². The number of carbonyl (C=O) groups excluding carboxylic acids is 2. The second kappa shape index (κ2) is 9.99. The van der Waals surface area contributed by atoms with E-state index in [9.17, 15) is 9.59 Å². The van der Waals surface area contributed by atoms with Crippen LogP contribution in [0.15, 0.2) is 0 Å². The van der Waals surface area contributed by atoms with E-state index in [4.69, 9.17) is 9.47 Å². The minimum atomic E-state index is -0.0770. The van der Waals surface area contributed by atoms with Crippen LogP contribution >= 0.6 is 0 Å². The van der Waals surface area contributed by atoms with E-state index in [2.05, 4.69) is 5.32 Å². The van der Waals surface area contributed by atoms with Gasteiger partial charge in [0, 0.05) is 26.2 Å². The van der Waals surface area contributed by atoms with E-state index >= 15 is 0 Å². The van der Waals surface area contributed by atoms with Crippen molar-refractivity contribution in [2.45, 2.75) is 64.0 Å². The molecule has 1 heterocycles. The Morgan fingerprint density at radius 3 is 2.71 bits per heavy atom. The molecule has 1 N–H and O–H groups in total. The molecule has 0 aromatic rings. The summed E-state index contributed by atoms with van der Waals surface area (Å²) in [5, 5.41) is 3.04. The molecule has 2 amide bonds. The van der Waals surface area contributed by atoms with Gasteiger partial charge in [-0.25, -0.2) is 0 Å². The highest BCUT2D eigenvalue weighted by Crippen LogP contribution is 2.28. The first-order valence-corrected chi connectivity index (χ1v) is 9.26. The predicted molar refractivity (Wildman–Crippen MR) is 91.6 cm³/mol. The number of ether oxygens (including phenoxy) is 2. The van der Waals surface area contributed by atoms with Gasteiger partial charge in [0.05, 0.1) is 19.1 Å². The Morgan fingerprint density at radius 2 is 2.00 bits per heavy atom. The van der Waals surface area contributed by atoms with E-state index in [1.165, 1.54) is 12.8 Å². The number of hydrogen-bond acceptors (Lipinski definition) is 4. The van der Waals surface area contributed by atoms with Crippen molar-refractivity contribution in [3.05, 3.63) is 0 Å². The highest BCUT2D eigenvalue weighted by molar-refractivity contribution is 5.78. The minimum absolute atomic E-state index is 0.0177. The van der Waals surface area contributed by atoms with Gasteiger partial charge < -0.3 is 19.7 Å². The fourth-order valence-electron chi connectivity index (χ4n) is 2.99. The highest BCUT2D eigenvalue weighted by atomic mass is 16.5. The van der Waals surface area contributed by atoms with E-state index in [0.29, 0.717) is 25.5 Å². The van der Waals surface area contributed by atoms with Crippen molar-refractivity contribution in [2.24, 2.45) is 5.92 Å². The lowest BCUT2D eigenvalue weighted by atomic mass is 10.0. The van der Waals surface area contributed by atoms with Crippen LogP contribution in [0.3, 0.4) is 0 Å². The van der Waals surface area contributed by atoms with Gasteiger partial charge >= 0.3 is 0 Å². The first-order chi connectivity index (χ1) is 11.6. The predicted octanol–water partition coefficient (Wildman–Crippen LogP) is 1.73. The van der Waals surface area contributed by atoms with Crippen molar-refractivity contribution >= 4 is 11.8 Å². The van der Waals surface area contributed by atoms with Crippen molar-refractivity contribution in [2.75, 3.05) is 33.4 Å². The number of likely N-dealkylation sites (tertiary alicyclic amines) is 1. The number of rotatable bonds is 8. The van der Waals surface area contributed by atoms with E-state index in [0.717, 1.165) is 32.2 Å². The fourth-order valence-corrected chi connectivity index (χ4v) is 2.99. The maximum atomic E-state index is 12.4. The average molecular weight is 340 g/mol. The Hall–Kier alpha value is -1.14. The van der Waals surface area contributed by atoms with Crippen LogP contribution in [0, 0.1) is 5.92 Å². The molecule has 2 fully saturated rings. The quantitative estimate of drug-likeness (QED) is 0.731. The van der Waals surface area contributed by atoms with Crippen LogP contribution in [-0.4, -0.2) is 62.3 Å². The molecule has 0 aromatic heterocycles. The van der Waals surface area contributed by atoms with E-state index in [1.807, 2.05) is 11.8 Å². The minimum Gasteiger partial charge on any atom is -0.381 e. The monoisotopic (exact) mass is 340 g/mol. The third kappa shape index (κ3) is 7.18. The lowest BCUT2D eigenvalue weighted by Gasteiger charge is -2.31. The fraction of sp³-hybridized carbons (Fsp3) is 0.889. The Morgan fingerprint density at radius 1 is 1.21 bits per heavy atom. The smallest absolute Gasteiger partial charge is 0.246 e. The SMILES string of the molecule is COC(C)CC(=O)N1CCCCCC(NC(=O)COCC2CC2)C1. The maximum Gasteiger partial charge on any atom is 0.246 e. The zero-order chi connectivity index (χ0) is 17.4. The molecule has 2 aliphatic rings. The molecular formula is C18H32N2O4. The Kier molecular flexibility index (Phi) is 7.99. The summed E-state index contributed by atoms with van der Waals surface area (Å²) < 4.78 is 10.6. The van der Waals surface area contributed by atoms with Crippen LogP contribution in [0.1, 0.15) is 51.9 Å². The van der Waals surface area contributed by atoms with Crippen LogP contribution < -0.4 is 5.32 Å². The van der Waals surface area contributed by atoms with Gasteiger partial charge in [0.2, 0.25) is 11.8 Å². The maximum absolute atomic E-state index is 12.4. The molecular weight excluding hydrogens is 308 g/mol. The number of hydrogen-bond donors (Lipinski definition) is 1. The van der Waals surface area contributed by atoms with Crippen LogP contribution in [-0.2, 0) is 19.1 Å². The largest absolute Gasteiger partial charge is 0.381 e. The first-order valence-electron chi connectivity index (χ1n) is 9.26. The topological polar surface area (TPSA) is 67.9 Å². The van der Waals surface area contributed by atoms with Gasteiger partial charge in [-0.2, -0.15) is 0 Å². The molecule has 24 heavy (non-hydrogen) atoms. The number of nitrogens with zero attached hydrogens (tertiary/aromatic N) is 1. The molecule has 0 aromatic carbocycles. The second-order valence-electron chi connectivity index (χ2n) is 7.16. The molecule has 6 nitrogen and oxygen atoms in total. The number of amides is 2. The van der Waals surface area contributed by atoms with Gasteiger partial charge in [-0.05, 0) is 38.5 Å². The molecule has 1 saturated carbocycles. The summed E-state index contributed by atoms with van der Waals surface area (Å²) in [6, 6.07) is 0.0177. The number of carbonyl (C=O) groups is 2. The molecule has 2 atom stereocenters. The molecule has 1 aliphatic carbocycles. The lowest BCUT2D eigenvalue weighted by Crippen LogP contribution is -2.48. The molecule has 1 saturated heterocycles. The second-order valence-corrected chi connectivity index (χ2v) is 7.16. The zero-order valence-corrected chi connectivity index (χ0v) is 15.1. The van der Waals surface area contributed by atoms with Gasteiger partial charge in [0.1, 0.15) is 6.61 Å². The summed E-state index contributed by atoms with van der Waals surface area (Å²) in [5.74, 6) is 0.699. The summed E-state index contributed by atoms with van der Waals surface area (Å²) in [6.45, 7) is 4.07. The van der Waals surface area contributed by atoms with Gasteiger partial charge in [0.25, 0.3) is 0 Å². The third-order valence-electron chi connectivity index (χ3n) is 4.79. The van der Waals surface area contributed by atoms with Gasteiger partial charge in [-0.1, -0.05) is 12.8 Å². The Labute approximate surface area is 145 Å². The molecule has 0 radical (unpaired) electrons. The molecule has 2 rings (SSSR count). The van der Waals surface area contributed by atoms with Crippen LogP contribution in [0.4, 0.5) is 0 Å². The van der Waals surface area contributed by atoms with Gasteiger partial charge in [-0.15, -0.1) is 0 Å². The summed E-state index contributed by atoms with van der Waals surface area (Å²) in [6.07, 6.45) is 6.88. The molecule has 2 unspecified atom stereocenters. The Balaban J connectivity index is 1.77. The summed E-state index contributed by atoms with van der Waals surface area (Å²) in [5.41, 5.74) is 0. The third-order valence-corrected chi connectivity index (χ3v) is 4.79. The van der Waals surface area contributed by atoms with Crippen LogP contribution in [0.25, 0.3) is 0 Å². The standard InChI is InChI=1S/C18H32N2O4/c1-14(23-2)10-18(22)20-9-5-3-4-6-16(11-20)19-17(21)13-24-12-15-7-8-15/h14-16H,3-13H2,1-2H3,(H,19,21). The van der Waals surface area contributed by atoms with E-state index in [1.54, 1.807) is 7.11 Å². The normalized spacial score (nSPS) is 23.2. The van der Waals surface area contributed by atoms with Gasteiger partial charge in [-0.3, -0.25) is 9.59 Å². The van der Waals surface area contributed by atoms with Crippen LogP contribution in [0.5, 0.6) is 0 Å². The van der Waals surface area contributed by atoms with E-state index in [-0.39, 0.29) is 30.6 Å². The molecule has 1 aliphatic heterocycles. The average Bonchev–Trinajstić information content (AvgIpc) is 3.33. The van der Waals surface area contributed by atoms with Gasteiger partial charge in [0.15, 0.2) is 0 Å². The Bertz CT molecular complexity index is 412. The van der Waals surface area contributed by atoms with Crippen molar-refractivity contribution in [3.8, 4) is 0 Å². The molecule has 138 valence electrons. The van der Waals surface area contributed by atoms with Crippen molar-refractivity contribution in [3.63, 3.8) is 0 Å². The van der Waals surface area contributed by atoms with Crippen molar-refractivity contribution in [1.82, 2.24) is 10.2 Å². The number of methoxy groups -OCH3 is 1. The zero-order valence-electron chi connectivity index (χ0n) is 15.1. The summed E-state index contributed by atoms with van der Waals surface area (Å²) >= 11 is 0. The highest BCUT2D eigenvalue weighted by Gasteiger charge is 2.24. The first kappa shape index (κ1) is 19.2.